The van der Waals surface area contributed by atoms with Gasteiger partial charge in [0.15, 0.2) is 0 Å². The molecule has 0 aromatic heterocycles. The van der Waals surface area contributed by atoms with Crippen molar-refractivity contribution in [1.82, 2.24) is 5.32 Å². The zero-order valence-electron chi connectivity index (χ0n) is 11.7. The molecule has 3 heteroatoms. The van der Waals surface area contributed by atoms with Crippen LogP contribution in [-0.2, 0) is 0 Å². The largest absolute Gasteiger partial charge is 0.325 e. The number of carbonyl (C=O) groups is 1. The van der Waals surface area contributed by atoms with Crippen molar-refractivity contribution < 1.29 is 4.79 Å². The Kier molecular flexibility index (Phi) is 4.56. The summed E-state index contributed by atoms with van der Waals surface area (Å²) < 4.78 is 0. The van der Waals surface area contributed by atoms with Crippen LogP contribution in [0.2, 0.25) is 0 Å². The van der Waals surface area contributed by atoms with Gasteiger partial charge >= 0.3 is 6.03 Å². The zero-order valence-corrected chi connectivity index (χ0v) is 11.7. The summed E-state index contributed by atoms with van der Waals surface area (Å²) in [5.41, 5.74) is 3.11. The number of hydrogen-bond donors (Lipinski definition) is 1. The maximum Gasteiger partial charge on any atom is 0.325 e. The fraction of sp³-hybridized carbons (Fsp3) is 0.118. The first kappa shape index (κ1) is 13.9. The highest BCUT2D eigenvalue weighted by Gasteiger charge is 2.07. The number of para-hydroxylation sites is 1. The minimum atomic E-state index is -0.167. The van der Waals surface area contributed by atoms with E-state index in [4.69, 9.17) is 0 Å². The van der Waals surface area contributed by atoms with Gasteiger partial charge in [0.05, 0.1) is 0 Å². The van der Waals surface area contributed by atoms with Crippen molar-refractivity contribution in [3.8, 4) is 0 Å². The Morgan fingerprint density at radius 3 is 2.55 bits per heavy atom. The van der Waals surface area contributed by atoms with Crippen LogP contribution >= 0.6 is 0 Å². The number of nitrogens with zero attached hydrogens (tertiary/aromatic N) is 1. The molecule has 0 saturated carbocycles. The van der Waals surface area contributed by atoms with Gasteiger partial charge < -0.3 is 5.32 Å². The lowest BCUT2D eigenvalue weighted by Crippen LogP contribution is -2.34. The topological polar surface area (TPSA) is 32.3 Å². The van der Waals surface area contributed by atoms with E-state index in [-0.39, 0.29) is 6.03 Å². The summed E-state index contributed by atoms with van der Waals surface area (Å²) in [6.07, 6.45) is 3.54. The van der Waals surface area contributed by atoms with E-state index in [2.05, 4.69) is 11.4 Å². The molecule has 0 unspecified atom stereocenters. The fourth-order valence-electron chi connectivity index (χ4n) is 1.85. The average molecular weight is 266 g/mol. The maximum atomic E-state index is 12.0. The molecule has 102 valence electrons. The molecule has 0 aliphatic rings. The van der Waals surface area contributed by atoms with Crippen molar-refractivity contribution in [3.05, 3.63) is 71.9 Å². The Morgan fingerprint density at radius 2 is 1.85 bits per heavy atom. The Morgan fingerprint density at radius 1 is 1.10 bits per heavy atom. The molecule has 0 fully saturated rings. The summed E-state index contributed by atoms with van der Waals surface area (Å²) in [6, 6.07) is 17.4. The fourth-order valence-corrected chi connectivity index (χ4v) is 1.85. The molecule has 2 aromatic rings. The van der Waals surface area contributed by atoms with Gasteiger partial charge in [-0.1, -0.05) is 48.0 Å². The second-order valence-electron chi connectivity index (χ2n) is 4.59. The van der Waals surface area contributed by atoms with E-state index in [9.17, 15) is 4.79 Å². The van der Waals surface area contributed by atoms with Gasteiger partial charge in [0.1, 0.15) is 0 Å². The number of nitrogens with one attached hydrogen (secondary N) is 1. The standard InChI is InChI=1S/C17H18N2O/c1-14-7-6-8-15(13-14)11-12-18-17(20)19(2)16-9-4-3-5-10-16/h3-13H,1-2H3,(H,18,20)/b12-11+. The number of urea groups is 1. The molecule has 0 saturated heterocycles. The van der Waals surface area contributed by atoms with Gasteiger partial charge in [0.2, 0.25) is 0 Å². The molecule has 0 aliphatic carbocycles. The highest BCUT2D eigenvalue weighted by atomic mass is 16.2. The van der Waals surface area contributed by atoms with E-state index in [1.807, 2.05) is 61.5 Å². The molecule has 0 heterocycles. The van der Waals surface area contributed by atoms with Crippen LogP contribution in [0.25, 0.3) is 6.08 Å². The molecular weight excluding hydrogens is 248 g/mol. The van der Waals surface area contributed by atoms with E-state index in [0.29, 0.717) is 0 Å². The van der Waals surface area contributed by atoms with Crippen molar-refractivity contribution >= 4 is 17.8 Å². The number of anilines is 1. The van der Waals surface area contributed by atoms with Crippen molar-refractivity contribution in [2.45, 2.75) is 6.92 Å². The van der Waals surface area contributed by atoms with E-state index in [1.54, 1.807) is 18.1 Å². The summed E-state index contributed by atoms with van der Waals surface area (Å²) in [5.74, 6) is 0. The Bertz CT molecular complexity index is 605. The van der Waals surface area contributed by atoms with Crippen molar-refractivity contribution in [2.24, 2.45) is 0 Å². The van der Waals surface area contributed by atoms with Crippen LogP contribution in [-0.4, -0.2) is 13.1 Å². The molecular formula is C17H18N2O. The monoisotopic (exact) mass is 266 g/mol. The number of hydrogen-bond acceptors (Lipinski definition) is 1. The second-order valence-corrected chi connectivity index (χ2v) is 4.59. The summed E-state index contributed by atoms with van der Waals surface area (Å²) in [6.45, 7) is 2.04. The van der Waals surface area contributed by atoms with Gasteiger partial charge in [0.25, 0.3) is 0 Å². The van der Waals surface area contributed by atoms with Crippen LogP contribution in [0.5, 0.6) is 0 Å². The van der Waals surface area contributed by atoms with Gasteiger partial charge in [-0.25, -0.2) is 4.79 Å². The minimum Gasteiger partial charge on any atom is -0.314 e. The van der Waals surface area contributed by atoms with Crippen LogP contribution in [0, 0.1) is 6.92 Å². The molecule has 0 bridgehead atoms. The highest BCUT2D eigenvalue weighted by molar-refractivity contribution is 5.92. The number of amides is 2. The van der Waals surface area contributed by atoms with Crippen LogP contribution in [0.1, 0.15) is 11.1 Å². The highest BCUT2D eigenvalue weighted by Crippen LogP contribution is 2.11. The number of carbonyl (C=O) groups excluding carboxylic acids is 1. The lowest BCUT2D eigenvalue weighted by Gasteiger charge is -2.16. The van der Waals surface area contributed by atoms with E-state index >= 15 is 0 Å². The van der Waals surface area contributed by atoms with Gasteiger partial charge in [-0.2, -0.15) is 0 Å². The Hall–Kier alpha value is -2.55. The van der Waals surface area contributed by atoms with Crippen LogP contribution in [0.3, 0.4) is 0 Å². The number of rotatable bonds is 3. The first-order chi connectivity index (χ1) is 9.66. The average Bonchev–Trinajstić information content (AvgIpc) is 2.47. The van der Waals surface area contributed by atoms with Crippen LogP contribution < -0.4 is 10.2 Å². The van der Waals surface area contributed by atoms with E-state index in [0.717, 1.165) is 11.3 Å². The predicted molar refractivity (Wildman–Crippen MR) is 83.6 cm³/mol. The van der Waals surface area contributed by atoms with E-state index in [1.165, 1.54) is 5.56 Å². The number of aryl methyl sites for hydroxylation is 1. The zero-order chi connectivity index (χ0) is 14.4. The summed E-state index contributed by atoms with van der Waals surface area (Å²) in [7, 11) is 1.74. The molecule has 0 spiro atoms. The molecule has 2 rings (SSSR count). The third kappa shape index (κ3) is 3.72. The summed E-state index contributed by atoms with van der Waals surface area (Å²) >= 11 is 0. The lowest BCUT2D eigenvalue weighted by molar-refractivity contribution is 0.250. The van der Waals surface area contributed by atoms with Crippen molar-refractivity contribution in [2.75, 3.05) is 11.9 Å². The molecule has 1 N–H and O–H groups in total. The smallest absolute Gasteiger partial charge is 0.314 e. The first-order valence-electron chi connectivity index (χ1n) is 6.49. The predicted octanol–water partition coefficient (Wildman–Crippen LogP) is 3.81. The second kappa shape index (κ2) is 6.57. The molecule has 0 radical (unpaired) electrons. The summed E-state index contributed by atoms with van der Waals surface area (Å²) in [4.78, 5) is 13.5. The lowest BCUT2D eigenvalue weighted by atomic mass is 10.1. The molecule has 0 atom stereocenters. The third-order valence-corrected chi connectivity index (χ3v) is 2.97. The van der Waals surface area contributed by atoms with Gasteiger partial charge in [-0.3, -0.25) is 4.90 Å². The van der Waals surface area contributed by atoms with Crippen molar-refractivity contribution in [1.29, 1.82) is 0 Å². The van der Waals surface area contributed by atoms with Gasteiger partial charge in [-0.05, 0) is 30.7 Å². The Balaban J connectivity index is 1.95. The van der Waals surface area contributed by atoms with Crippen LogP contribution in [0.15, 0.2) is 60.8 Å². The molecule has 2 amide bonds. The van der Waals surface area contributed by atoms with Crippen LogP contribution in [0.4, 0.5) is 10.5 Å². The molecule has 3 nitrogen and oxygen atoms in total. The molecule has 0 aliphatic heterocycles. The van der Waals surface area contributed by atoms with E-state index < -0.39 is 0 Å². The minimum absolute atomic E-state index is 0.167. The maximum absolute atomic E-state index is 12.0. The SMILES string of the molecule is Cc1cccc(/C=C/NC(=O)N(C)c2ccccc2)c1. The van der Waals surface area contributed by atoms with Gasteiger partial charge in [-0.15, -0.1) is 0 Å². The quantitative estimate of drug-likeness (QED) is 0.900. The Labute approximate surface area is 119 Å². The molecule has 2 aromatic carbocycles. The van der Waals surface area contributed by atoms with Gasteiger partial charge in [0, 0.05) is 18.9 Å². The number of benzene rings is 2. The molecule has 20 heavy (non-hydrogen) atoms. The first-order valence-corrected chi connectivity index (χ1v) is 6.49. The van der Waals surface area contributed by atoms with Crippen molar-refractivity contribution in [3.63, 3.8) is 0 Å². The third-order valence-electron chi connectivity index (χ3n) is 2.97. The summed E-state index contributed by atoms with van der Waals surface area (Å²) in [5, 5.41) is 2.76. The normalized spacial score (nSPS) is 10.5.